The quantitative estimate of drug-likeness (QED) is 0.239. The average Bonchev–Trinajstić information content (AvgIpc) is 3.07. The average molecular weight is 503 g/mol. The molecule has 2 N–H and O–H groups in total. The van der Waals surface area contributed by atoms with Crippen LogP contribution in [0.5, 0.6) is 0 Å². The summed E-state index contributed by atoms with van der Waals surface area (Å²) in [5, 5.41) is 1.20. The lowest BCUT2D eigenvalue weighted by molar-refractivity contribution is -0.172. The summed E-state index contributed by atoms with van der Waals surface area (Å²) < 4.78 is 67.7. The van der Waals surface area contributed by atoms with Gasteiger partial charge in [0.05, 0.1) is 5.56 Å². The summed E-state index contributed by atoms with van der Waals surface area (Å²) in [7, 11) is -9.56. The van der Waals surface area contributed by atoms with Crippen LogP contribution < -0.4 is 0 Å². The molecule has 0 atom stereocenters. The van der Waals surface area contributed by atoms with Gasteiger partial charge in [-0.2, -0.15) is 16.8 Å². The number of carbonyl (C=O) groups is 3. The number of rotatable bonds is 4. The van der Waals surface area contributed by atoms with E-state index in [1.54, 1.807) is 0 Å². The van der Waals surface area contributed by atoms with E-state index in [1.165, 1.54) is 36.4 Å². The highest BCUT2D eigenvalue weighted by Gasteiger charge is 2.34. The molecule has 0 aliphatic carbocycles. The lowest BCUT2D eigenvalue weighted by Gasteiger charge is -2.18. The molecule has 0 saturated carbocycles. The summed E-state index contributed by atoms with van der Waals surface area (Å²) >= 11 is 0. The molecule has 1 heterocycles. The van der Waals surface area contributed by atoms with Gasteiger partial charge in [0.15, 0.2) is 0 Å². The predicted octanol–water partition coefficient (Wildman–Crippen LogP) is 2.30. The van der Waals surface area contributed by atoms with E-state index in [-0.39, 0.29) is 45.3 Å². The molecular weight excluding hydrogens is 490 g/mol. The first-order valence-corrected chi connectivity index (χ1v) is 12.5. The molecule has 0 bridgehead atoms. The van der Waals surface area contributed by atoms with Gasteiger partial charge in [-0.15, -0.1) is 5.06 Å². The van der Waals surface area contributed by atoms with Gasteiger partial charge in [0.25, 0.3) is 32.1 Å². The minimum Gasteiger partial charge on any atom is -0.325 e. The Bertz CT molecular complexity index is 1780. The molecule has 174 valence electrons. The van der Waals surface area contributed by atoms with Gasteiger partial charge >= 0.3 is 5.97 Å². The number of imide groups is 1. The van der Waals surface area contributed by atoms with Crippen LogP contribution in [0.3, 0.4) is 0 Å². The second-order valence-electron chi connectivity index (χ2n) is 7.64. The van der Waals surface area contributed by atoms with Crippen LogP contribution in [0, 0.1) is 0 Å². The summed E-state index contributed by atoms with van der Waals surface area (Å²) in [6.45, 7) is 0. The van der Waals surface area contributed by atoms with Crippen molar-refractivity contribution in [1.82, 2.24) is 5.06 Å². The second kappa shape index (κ2) is 7.17. The van der Waals surface area contributed by atoms with Gasteiger partial charge in [0.2, 0.25) is 0 Å². The SMILES string of the molecule is O=C(ON1C(=O)CCC1=O)c1cc(S(=O)(=O)O)c2ccc3c(S(=O)(=O)O)ccc4ccc1c2c43. The maximum Gasteiger partial charge on any atom is 0.364 e. The largest absolute Gasteiger partial charge is 0.364 e. The number of hydrogen-bond donors (Lipinski definition) is 2. The molecule has 5 rings (SSSR count). The van der Waals surface area contributed by atoms with Crippen LogP contribution in [-0.4, -0.2) is 48.8 Å². The molecule has 0 radical (unpaired) electrons. The van der Waals surface area contributed by atoms with E-state index < -0.39 is 47.8 Å². The topological polar surface area (TPSA) is 172 Å². The van der Waals surface area contributed by atoms with Gasteiger partial charge in [0.1, 0.15) is 9.79 Å². The molecule has 4 aromatic carbocycles. The molecule has 0 aromatic heterocycles. The number of hydroxylamine groups is 2. The van der Waals surface area contributed by atoms with Gasteiger partial charge in [-0.1, -0.05) is 30.3 Å². The van der Waals surface area contributed by atoms with E-state index in [1.807, 2.05) is 0 Å². The van der Waals surface area contributed by atoms with Crippen molar-refractivity contribution < 1.29 is 45.2 Å². The highest BCUT2D eigenvalue weighted by molar-refractivity contribution is 7.86. The summed E-state index contributed by atoms with van der Waals surface area (Å²) in [5.41, 5.74) is -0.390. The Morgan fingerprint density at radius 2 is 1.29 bits per heavy atom. The molecule has 0 spiro atoms. The zero-order valence-corrected chi connectivity index (χ0v) is 18.5. The van der Waals surface area contributed by atoms with E-state index >= 15 is 0 Å². The van der Waals surface area contributed by atoms with E-state index in [0.717, 1.165) is 6.07 Å². The van der Waals surface area contributed by atoms with E-state index in [2.05, 4.69) is 0 Å². The normalized spacial score (nSPS) is 15.2. The maximum absolute atomic E-state index is 13.0. The fraction of sp³-hybridized carbons (Fsp3) is 0.0952. The van der Waals surface area contributed by atoms with Crippen LogP contribution in [0.4, 0.5) is 0 Å². The predicted molar refractivity (Wildman–Crippen MR) is 116 cm³/mol. The van der Waals surface area contributed by atoms with Gasteiger partial charge in [-0.3, -0.25) is 18.7 Å². The van der Waals surface area contributed by atoms with E-state index in [4.69, 9.17) is 4.84 Å². The number of amides is 2. The van der Waals surface area contributed by atoms with Gasteiger partial charge in [-0.25, -0.2) is 4.79 Å². The molecule has 4 aromatic rings. The highest BCUT2D eigenvalue weighted by atomic mass is 32.2. The van der Waals surface area contributed by atoms with Crippen molar-refractivity contribution in [2.24, 2.45) is 0 Å². The molecular formula is C21H13NO10S2. The zero-order valence-electron chi connectivity index (χ0n) is 16.9. The molecule has 1 fully saturated rings. The van der Waals surface area contributed by atoms with Crippen LogP contribution in [0.25, 0.3) is 32.3 Å². The maximum atomic E-state index is 13.0. The zero-order chi connectivity index (χ0) is 24.6. The summed E-state index contributed by atoms with van der Waals surface area (Å²) in [6, 6.07) is 8.94. The Morgan fingerprint density at radius 3 is 1.88 bits per heavy atom. The van der Waals surface area contributed by atoms with Crippen molar-refractivity contribution in [2.75, 3.05) is 0 Å². The monoisotopic (exact) mass is 503 g/mol. The first kappa shape index (κ1) is 22.2. The molecule has 1 saturated heterocycles. The Hall–Kier alpha value is -3.65. The number of hydrogen-bond acceptors (Lipinski definition) is 8. The van der Waals surface area contributed by atoms with Crippen molar-refractivity contribution >= 4 is 70.3 Å². The lowest BCUT2D eigenvalue weighted by Crippen LogP contribution is -2.32. The van der Waals surface area contributed by atoms with Crippen molar-refractivity contribution in [3.05, 3.63) is 48.0 Å². The van der Waals surface area contributed by atoms with Gasteiger partial charge in [-0.05, 0) is 33.7 Å². The summed E-state index contributed by atoms with van der Waals surface area (Å²) in [4.78, 5) is 40.5. The molecule has 34 heavy (non-hydrogen) atoms. The molecule has 11 nitrogen and oxygen atoms in total. The number of nitrogens with zero attached hydrogens (tertiary/aromatic N) is 1. The Kier molecular flexibility index (Phi) is 4.67. The van der Waals surface area contributed by atoms with Crippen LogP contribution in [0.2, 0.25) is 0 Å². The smallest absolute Gasteiger partial charge is 0.325 e. The van der Waals surface area contributed by atoms with E-state index in [9.17, 15) is 40.3 Å². The number of benzene rings is 4. The fourth-order valence-corrected chi connectivity index (χ4v) is 5.64. The Balaban J connectivity index is 1.88. The second-order valence-corrected chi connectivity index (χ2v) is 10.4. The summed E-state index contributed by atoms with van der Waals surface area (Å²) in [6.07, 6.45) is -0.307. The van der Waals surface area contributed by atoms with Crippen LogP contribution in [0.15, 0.2) is 52.3 Å². The standard InChI is InChI=1S/C21H13NO10S2/c23-17-7-8-18(24)22(17)32-21(25)14-9-16(34(29,30)31)13-5-4-12-15(33(26,27)28)6-2-10-1-3-11(14)20(13)19(10)12/h1-6,9H,7-8H2,(H,26,27,28)(H,29,30,31). The third-order valence-corrected chi connectivity index (χ3v) is 7.46. The van der Waals surface area contributed by atoms with Crippen LogP contribution in [0.1, 0.15) is 23.2 Å². The van der Waals surface area contributed by atoms with Crippen molar-refractivity contribution in [1.29, 1.82) is 0 Å². The van der Waals surface area contributed by atoms with Gasteiger partial charge < -0.3 is 4.84 Å². The molecule has 13 heteroatoms. The van der Waals surface area contributed by atoms with Crippen LogP contribution >= 0.6 is 0 Å². The van der Waals surface area contributed by atoms with Crippen LogP contribution in [-0.2, 0) is 34.7 Å². The minimum atomic E-state index is -4.89. The minimum absolute atomic E-state index is 0.0204. The lowest BCUT2D eigenvalue weighted by atomic mass is 9.92. The van der Waals surface area contributed by atoms with Gasteiger partial charge in [0, 0.05) is 23.6 Å². The van der Waals surface area contributed by atoms with Crippen molar-refractivity contribution in [2.45, 2.75) is 22.6 Å². The molecule has 1 aliphatic rings. The van der Waals surface area contributed by atoms with Crippen molar-refractivity contribution in [3.63, 3.8) is 0 Å². The molecule has 0 unspecified atom stereocenters. The Labute approximate surface area is 191 Å². The van der Waals surface area contributed by atoms with Crippen molar-refractivity contribution in [3.8, 4) is 0 Å². The Morgan fingerprint density at radius 1 is 0.765 bits per heavy atom. The first-order chi connectivity index (χ1) is 15.9. The fourth-order valence-electron chi connectivity index (χ4n) is 4.24. The first-order valence-electron chi connectivity index (χ1n) is 9.65. The number of carbonyl (C=O) groups excluding carboxylic acids is 3. The third-order valence-electron chi connectivity index (χ3n) is 5.66. The molecule has 2 amide bonds. The third kappa shape index (κ3) is 3.28. The molecule has 1 aliphatic heterocycles. The van der Waals surface area contributed by atoms with E-state index in [0.29, 0.717) is 10.4 Å². The highest BCUT2D eigenvalue weighted by Crippen LogP contribution is 2.41. The summed E-state index contributed by atoms with van der Waals surface area (Å²) in [5.74, 6) is -2.73.